The van der Waals surface area contributed by atoms with E-state index in [1.165, 1.54) is 0 Å². The Morgan fingerprint density at radius 2 is 1.57 bits per heavy atom. The molecule has 0 radical (unpaired) electrons. The van der Waals surface area contributed by atoms with E-state index in [0.29, 0.717) is 19.0 Å². The van der Waals surface area contributed by atoms with Gasteiger partial charge in [-0.3, -0.25) is 0 Å². The summed E-state index contributed by atoms with van der Waals surface area (Å²) in [6.07, 6.45) is 1.99. The summed E-state index contributed by atoms with van der Waals surface area (Å²) in [5.74, 6) is 0.668. The Labute approximate surface area is 87.5 Å². The van der Waals surface area contributed by atoms with E-state index in [4.69, 9.17) is 0 Å². The molecule has 0 aromatic rings. The molecule has 14 heavy (non-hydrogen) atoms. The van der Waals surface area contributed by atoms with Gasteiger partial charge in [-0.25, -0.2) is 12.7 Å². The summed E-state index contributed by atoms with van der Waals surface area (Å²) in [6.45, 7) is 8.86. The van der Waals surface area contributed by atoms with Gasteiger partial charge in [-0.2, -0.15) is 0 Å². The highest BCUT2D eigenvalue weighted by atomic mass is 32.2. The van der Waals surface area contributed by atoms with Gasteiger partial charge in [-0.15, -0.1) is 0 Å². The van der Waals surface area contributed by atoms with E-state index in [0.717, 1.165) is 12.8 Å². The van der Waals surface area contributed by atoms with Gasteiger partial charge in [0.25, 0.3) is 0 Å². The van der Waals surface area contributed by atoms with E-state index in [1.54, 1.807) is 25.1 Å². The molecule has 1 heterocycles. The van der Waals surface area contributed by atoms with Crippen LogP contribution in [0.3, 0.4) is 0 Å². The lowest BCUT2D eigenvalue weighted by molar-refractivity contribution is 0.282. The minimum atomic E-state index is -3.09. The molecule has 1 rings (SSSR count). The summed E-state index contributed by atoms with van der Waals surface area (Å²) < 4.78 is 25.1. The highest BCUT2D eigenvalue weighted by Gasteiger charge is 2.36. The predicted octanol–water partition coefficient (Wildman–Crippen LogP) is 1.85. The van der Waals surface area contributed by atoms with Crippen LogP contribution in [0, 0.1) is 5.92 Å². The first-order chi connectivity index (χ1) is 6.25. The Morgan fingerprint density at radius 3 is 1.93 bits per heavy atom. The highest BCUT2D eigenvalue weighted by Crippen LogP contribution is 2.25. The number of nitrogens with zero attached hydrogens (tertiary/aromatic N) is 1. The molecule has 1 aliphatic rings. The van der Waals surface area contributed by atoms with Gasteiger partial charge in [-0.1, -0.05) is 6.92 Å². The zero-order chi connectivity index (χ0) is 11.0. The number of sulfonamides is 1. The third-order valence-corrected chi connectivity index (χ3v) is 5.45. The molecule has 4 heteroatoms. The van der Waals surface area contributed by atoms with Crippen LogP contribution in [0.15, 0.2) is 0 Å². The van der Waals surface area contributed by atoms with Crippen molar-refractivity contribution in [3.8, 4) is 0 Å². The Hall–Kier alpha value is -0.0900. The van der Waals surface area contributed by atoms with Crippen molar-refractivity contribution >= 4 is 10.0 Å². The molecule has 0 amide bonds. The molecule has 0 aromatic heterocycles. The zero-order valence-electron chi connectivity index (χ0n) is 9.58. The fraction of sp³-hybridized carbons (Fsp3) is 1.00. The second-order valence-corrected chi connectivity index (χ2v) is 7.89. The Morgan fingerprint density at radius 1 is 1.14 bits per heavy atom. The fourth-order valence-corrected chi connectivity index (χ4v) is 3.08. The Bertz CT molecular complexity index is 282. The summed E-state index contributed by atoms with van der Waals surface area (Å²) in [5.41, 5.74) is 0. The highest BCUT2D eigenvalue weighted by molar-refractivity contribution is 7.90. The Balaban J connectivity index is 2.76. The van der Waals surface area contributed by atoms with Gasteiger partial charge in [0.05, 0.1) is 4.75 Å². The van der Waals surface area contributed by atoms with Crippen LogP contribution in [0.5, 0.6) is 0 Å². The van der Waals surface area contributed by atoms with Gasteiger partial charge >= 0.3 is 0 Å². The van der Waals surface area contributed by atoms with Crippen LogP contribution in [-0.4, -0.2) is 30.6 Å². The van der Waals surface area contributed by atoms with Crippen LogP contribution in [0.25, 0.3) is 0 Å². The molecule has 0 aromatic carbocycles. The van der Waals surface area contributed by atoms with Crippen LogP contribution in [0.2, 0.25) is 0 Å². The van der Waals surface area contributed by atoms with E-state index < -0.39 is 14.8 Å². The van der Waals surface area contributed by atoms with E-state index in [1.807, 2.05) is 0 Å². The minimum Gasteiger partial charge on any atom is -0.212 e. The molecule has 0 atom stereocenters. The van der Waals surface area contributed by atoms with Crippen LogP contribution >= 0.6 is 0 Å². The first kappa shape index (κ1) is 12.0. The lowest BCUT2D eigenvalue weighted by atomic mass is 10.0. The summed E-state index contributed by atoms with van der Waals surface area (Å²) in [6, 6.07) is 0. The van der Waals surface area contributed by atoms with Crippen molar-refractivity contribution in [1.82, 2.24) is 4.31 Å². The van der Waals surface area contributed by atoms with Crippen molar-refractivity contribution in [3.63, 3.8) is 0 Å². The van der Waals surface area contributed by atoms with Crippen molar-refractivity contribution in [3.05, 3.63) is 0 Å². The first-order valence-electron chi connectivity index (χ1n) is 5.25. The van der Waals surface area contributed by atoms with E-state index in [9.17, 15) is 8.42 Å². The molecule has 0 saturated carbocycles. The van der Waals surface area contributed by atoms with Crippen LogP contribution in [-0.2, 0) is 10.0 Å². The Kier molecular flexibility index (Phi) is 3.26. The second kappa shape index (κ2) is 3.81. The lowest BCUT2D eigenvalue weighted by Crippen LogP contribution is -2.46. The number of hydrogen-bond acceptors (Lipinski definition) is 2. The smallest absolute Gasteiger partial charge is 0.212 e. The van der Waals surface area contributed by atoms with Crippen LogP contribution < -0.4 is 0 Å². The molecule has 0 spiro atoms. The van der Waals surface area contributed by atoms with Gasteiger partial charge in [0.15, 0.2) is 0 Å². The molecule has 0 bridgehead atoms. The normalized spacial score (nSPS) is 22.6. The topological polar surface area (TPSA) is 37.4 Å². The molecular formula is C10H21NO2S. The predicted molar refractivity (Wildman–Crippen MR) is 58.6 cm³/mol. The molecule has 1 saturated heterocycles. The monoisotopic (exact) mass is 219 g/mol. The van der Waals surface area contributed by atoms with Gasteiger partial charge in [0.1, 0.15) is 0 Å². The van der Waals surface area contributed by atoms with Crippen molar-refractivity contribution in [2.45, 2.75) is 45.3 Å². The third kappa shape index (κ3) is 2.28. The molecular weight excluding hydrogens is 198 g/mol. The maximum absolute atomic E-state index is 12.0. The first-order valence-corrected chi connectivity index (χ1v) is 6.69. The van der Waals surface area contributed by atoms with E-state index in [2.05, 4.69) is 6.92 Å². The summed E-state index contributed by atoms with van der Waals surface area (Å²) in [4.78, 5) is 0. The van der Waals surface area contributed by atoms with Gasteiger partial charge in [0.2, 0.25) is 10.0 Å². The standard InChI is InChI=1S/C10H21NO2S/c1-9-5-7-11(8-6-9)14(12,13)10(2,3)4/h9H,5-8H2,1-4H3. The second-order valence-electron chi connectivity index (χ2n) is 5.20. The minimum absolute atomic E-state index is 0.659. The SMILES string of the molecule is CC1CCN(S(=O)(=O)C(C)(C)C)CC1. The molecule has 0 N–H and O–H groups in total. The average molecular weight is 219 g/mol. The van der Waals surface area contributed by atoms with Crippen LogP contribution in [0.1, 0.15) is 40.5 Å². The lowest BCUT2D eigenvalue weighted by Gasteiger charge is -2.34. The van der Waals surface area contributed by atoms with Gasteiger partial charge < -0.3 is 0 Å². The quantitative estimate of drug-likeness (QED) is 0.675. The maximum atomic E-state index is 12.0. The number of rotatable bonds is 1. The van der Waals surface area contributed by atoms with Crippen molar-refractivity contribution < 1.29 is 8.42 Å². The zero-order valence-corrected chi connectivity index (χ0v) is 10.4. The van der Waals surface area contributed by atoms with E-state index >= 15 is 0 Å². The van der Waals surface area contributed by atoms with E-state index in [-0.39, 0.29) is 0 Å². The molecule has 3 nitrogen and oxygen atoms in total. The summed E-state index contributed by atoms with van der Waals surface area (Å²) >= 11 is 0. The molecule has 0 unspecified atom stereocenters. The third-order valence-electron chi connectivity index (χ3n) is 2.86. The fourth-order valence-electron chi connectivity index (χ4n) is 1.61. The molecule has 1 aliphatic heterocycles. The van der Waals surface area contributed by atoms with Crippen molar-refractivity contribution in [2.75, 3.05) is 13.1 Å². The average Bonchev–Trinajstić information content (AvgIpc) is 2.03. The maximum Gasteiger partial charge on any atom is 0.219 e. The molecule has 0 aliphatic carbocycles. The largest absolute Gasteiger partial charge is 0.219 e. The molecule has 84 valence electrons. The summed E-state index contributed by atoms with van der Waals surface area (Å²) in [7, 11) is -3.09. The van der Waals surface area contributed by atoms with Crippen LogP contribution in [0.4, 0.5) is 0 Å². The van der Waals surface area contributed by atoms with Gasteiger partial charge in [0, 0.05) is 13.1 Å². The number of hydrogen-bond donors (Lipinski definition) is 0. The van der Waals surface area contributed by atoms with Gasteiger partial charge in [-0.05, 0) is 39.5 Å². The number of piperidine rings is 1. The van der Waals surface area contributed by atoms with Crippen molar-refractivity contribution in [2.24, 2.45) is 5.92 Å². The molecule has 1 fully saturated rings. The summed E-state index contributed by atoms with van der Waals surface area (Å²) in [5, 5.41) is 0. The van der Waals surface area contributed by atoms with Crippen molar-refractivity contribution in [1.29, 1.82) is 0 Å².